The van der Waals surface area contributed by atoms with Gasteiger partial charge in [0, 0.05) is 12.7 Å². The van der Waals surface area contributed by atoms with E-state index < -0.39 is 0 Å². The Hall–Kier alpha value is -2.29. The minimum Gasteiger partial charge on any atom is -0.494 e. The smallest absolute Gasteiger partial charge is 0.250 e. The van der Waals surface area contributed by atoms with Crippen LogP contribution in [0.3, 0.4) is 0 Å². The monoisotopic (exact) mass is 283 g/mol. The molecule has 1 amide bonds. The summed E-state index contributed by atoms with van der Waals surface area (Å²) < 4.78 is 5.71. The summed E-state index contributed by atoms with van der Waals surface area (Å²) in [5.41, 5.74) is 0.854. The zero-order chi connectivity index (χ0) is 15.2. The summed E-state index contributed by atoms with van der Waals surface area (Å²) in [4.78, 5) is 13.2. The van der Waals surface area contributed by atoms with Crippen LogP contribution in [0.5, 0.6) is 5.75 Å². The van der Waals surface area contributed by atoms with Crippen molar-refractivity contribution < 1.29 is 9.53 Å². The van der Waals surface area contributed by atoms with Gasteiger partial charge in [0.1, 0.15) is 5.75 Å². The van der Waals surface area contributed by atoms with Crippen molar-refractivity contribution in [3.05, 3.63) is 49.1 Å². The molecule has 0 fully saturated rings. The summed E-state index contributed by atoms with van der Waals surface area (Å²) in [6.45, 7) is 6.40. The summed E-state index contributed by atoms with van der Waals surface area (Å²) in [6, 6.07) is 11.9. The van der Waals surface area contributed by atoms with E-state index in [4.69, 9.17) is 4.74 Å². The van der Waals surface area contributed by atoms with Gasteiger partial charge in [-0.05, 0) is 47.5 Å². The molecule has 0 bridgehead atoms. The molecule has 110 valence electrons. The average Bonchev–Trinajstić information content (AvgIpc) is 2.53. The van der Waals surface area contributed by atoms with E-state index in [2.05, 4.69) is 13.5 Å². The Balaban J connectivity index is 2.23. The second-order valence-corrected chi connectivity index (χ2v) is 5.00. The van der Waals surface area contributed by atoms with Crippen molar-refractivity contribution in [1.29, 1.82) is 0 Å². The Labute approximate surface area is 125 Å². The van der Waals surface area contributed by atoms with E-state index in [0.29, 0.717) is 0 Å². The molecule has 21 heavy (non-hydrogen) atoms. The standard InChI is InChI=1S/C18H21NO2/c1-4-6-11-21-17-10-8-14-12-16(9-7-15(14)13-17)19(3)18(20)5-2/h5,7-10,12-13H,2,4,6,11H2,1,3H3. The number of nitrogens with zero attached hydrogens (tertiary/aromatic N) is 1. The van der Waals surface area contributed by atoms with E-state index in [-0.39, 0.29) is 5.91 Å². The first-order valence-corrected chi connectivity index (χ1v) is 7.22. The molecule has 2 rings (SSSR count). The van der Waals surface area contributed by atoms with Crippen LogP contribution in [0.15, 0.2) is 49.1 Å². The normalized spacial score (nSPS) is 10.4. The topological polar surface area (TPSA) is 29.5 Å². The van der Waals surface area contributed by atoms with Gasteiger partial charge in [0.15, 0.2) is 0 Å². The molecule has 0 aliphatic carbocycles. The SMILES string of the molecule is C=CC(=O)N(C)c1ccc2cc(OCCCC)ccc2c1. The van der Waals surface area contributed by atoms with Crippen molar-refractivity contribution in [2.75, 3.05) is 18.6 Å². The lowest BCUT2D eigenvalue weighted by Crippen LogP contribution is -2.23. The van der Waals surface area contributed by atoms with Crippen LogP contribution in [0.4, 0.5) is 5.69 Å². The molecular formula is C18H21NO2. The quantitative estimate of drug-likeness (QED) is 0.588. The molecule has 0 aliphatic rings. The van der Waals surface area contributed by atoms with E-state index >= 15 is 0 Å². The molecule has 2 aromatic carbocycles. The third-order valence-electron chi connectivity index (χ3n) is 3.45. The third-order valence-corrected chi connectivity index (χ3v) is 3.45. The fraction of sp³-hybridized carbons (Fsp3) is 0.278. The van der Waals surface area contributed by atoms with Crippen LogP contribution in [0.2, 0.25) is 0 Å². The van der Waals surface area contributed by atoms with E-state index in [1.54, 1.807) is 11.9 Å². The number of amides is 1. The first-order chi connectivity index (χ1) is 10.2. The Morgan fingerprint density at radius 2 is 1.95 bits per heavy atom. The van der Waals surface area contributed by atoms with Crippen molar-refractivity contribution >= 4 is 22.4 Å². The number of benzene rings is 2. The van der Waals surface area contributed by atoms with Crippen LogP contribution in [-0.4, -0.2) is 19.6 Å². The molecule has 0 saturated carbocycles. The van der Waals surface area contributed by atoms with Crippen molar-refractivity contribution in [2.24, 2.45) is 0 Å². The van der Waals surface area contributed by atoms with Gasteiger partial charge < -0.3 is 9.64 Å². The number of rotatable bonds is 6. The van der Waals surface area contributed by atoms with Crippen molar-refractivity contribution in [3.8, 4) is 5.75 Å². The molecule has 0 aliphatic heterocycles. The van der Waals surface area contributed by atoms with Crippen LogP contribution in [0.1, 0.15) is 19.8 Å². The third kappa shape index (κ3) is 3.63. The van der Waals surface area contributed by atoms with Gasteiger partial charge in [-0.25, -0.2) is 0 Å². The summed E-state index contributed by atoms with van der Waals surface area (Å²) in [5, 5.41) is 2.19. The maximum atomic E-state index is 11.6. The van der Waals surface area contributed by atoms with E-state index in [1.807, 2.05) is 36.4 Å². The summed E-state index contributed by atoms with van der Waals surface area (Å²) in [6.07, 6.45) is 3.50. The minimum atomic E-state index is -0.117. The van der Waals surface area contributed by atoms with E-state index in [9.17, 15) is 4.79 Å². The molecule has 0 N–H and O–H groups in total. The number of carbonyl (C=O) groups is 1. The number of anilines is 1. The van der Waals surface area contributed by atoms with Gasteiger partial charge >= 0.3 is 0 Å². The predicted octanol–water partition coefficient (Wildman–Crippen LogP) is 4.17. The van der Waals surface area contributed by atoms with Crippen molar-refractivity contribution in [3.63, 3.8) is 0 Å². The summed E-state index contributed by atoms with van der Waals surface area (Å²) >= 11 is 0. The molecule has 0 radical (unpaired) electrons. The van der Waals surface area contributed by atoms with E-state index in [1.165, 1.54) is 6.08 Å². The molecular weight excluding hydrogens is 262 g/mol. The van der Waals surface area contributed by atoms with Crippen molar-refractivity contribution in [2.45, 2.75) is 19.8 Å². The van der Waals surface area contributed by atoms with Crippen LogP contribution >= 0.6 is 0 Å². The average molecular weight is 283 g/mol. The molecule has 0 saturated heterocycles. The maximum absolute atomic E-state index is 11.6. The minimum absolute atomic E-state index is 0.117. The van der Waals surface area contributed by atoms with Crippen LogP contribution < -0.4 is 9.64 Å². The highest BCUT2D eigenvalue weighted by Crippen LogP contribution is 2.25. The highest BCUT2D eigenvalue weighted by atomic mass is 16.5. The van der Waals surface area contributed by atoms with Gasteiger partial charge in [0.05, 0.1) is 6.61 Å². The predicted molar refractivity (Wildman–Crippen MR) is 88.0 cm³/mol. The maximum Gasteiger partial charge on any atom is 0.250 e. The van der Waals surface area contributed by atoms with E-state index in [0.717, 1.165) is 41.7 Å². The van der Waals surface area contributed by atoms with Gasteiger partial charge in [-0.3, -0.25) is 4.79 Å². The lowest BCUT2D eigenvalue weighted by atomic mass is 10.1. The fourth-order valence-corrected chi connectivity index (χ4v) is 2.11. The molecule has 3 nitrogen and oxygen atoms in total. The van der Waals surface area contributed by atoms with Gasteiger partial charge in [-0.1, -0.05) is 32.1 Å². The zero-order valence-corrected chi connectivity index (χ0v) is 12.6. The number of ether oxygens (including phenoxy) is 1. The number of unbranched alkanes of at least 4 members (excludes halogenated alkanes) is 1. The molecule has 2 aromatic rings. The van der Waals surface area contributed by atoms with Gasteiger partial charge in [-0.2, -0.15) is 0 Å². The van der Waals surface area contributed by atoms with Crippen LogP contribution in [0, 0.1) is 0 Å². The van der Waals surface area contributed by atoms with Gasteiger partial charge in [0.25, 0.3) is 0 Å². The Bertz CT molecular complexity index is 649. The van der Waals surface area contributed by atoms with Crippen molar-refractivity contribution in [1.82, 2.24) is 0 Å². The summed E-state index contributed by atoms with van der Waals surface area (Å²) in [7, 11) is 1.74. The molecule has 0 unspecified atom stereocenters. The lowest BCUT2D eigenvalue weighted by Gasteiger charge is -2.16. The second-order valence-electron chi connectivity index (χ2n) is 5.00. The molecule has 0 atom stereocenters. The first kappa shape index (κ1) is 15.1. The zero-order valence-electron chi connectivity index (χ0n) is 12.6. The summed E-state index contributed by atoms with van der Waals surface area (Å²) in [5.74, 6) is 0.771. The van der Waals surface area contributed by atoms with Gasteiger partial charge in [-0.15, -0.1) is 0 Å². The highest BCUT2D eigenvalue weighted by molar-refractivity contribution is 6.02. The second kappa shape index (κ2) is 6.93. The largest absolute Gasteiger partial charge is 0.494 e. The lowest BCUT2D eigenvalue weighted by molar-refractivity contribution is -0.113. The number of fused-ring (bicyclic) bond motifs is 1. The Kier molecular flexibility index (Phi) is 4.99. The number of likely N-dealkylation sites (N-methyl/N-ethyl adjacent to an activating group) is 1. The molecule has 3 heteroatoms. The van der Waals surface area contributed by atoms with Crippen LogP contribution in [0.25, 0.3) is 10.8 Å². The molecule has 0 spiro atoms. The Morgan fingerprint density at radius 3 is 2.67 bits per heavy atom. The number of hydrogen-bond donors (Lipinski definition) is 0. The fourth-order valence-electron chi connectivity index (χ4n) is 2.11. The molecule has 0 aromatic heterocycles. The Morgan fingerprint density at radius 1 is 1.24 bits per heavy atom. The highest BCUT2D eigenvalue weighted by Gasteiger charge is 2.07. The first-order valence-electron chi connectivity index (χ1n) is 7.22. The number of carbonyl (C=O) groups excluding carboxylic acids is 1. The molecule has 0 heterocycles. The van der Waals surface area contributed by atoms with Gasteiger partial charge in [0.2, 0.25) is 5.91 Å². The van der Waals surface area contributed by atoms with Crippen LogP contribution in [-0.2, 0) is 4.79 Å². The number of hydrogen-bond acceptors (Lipinski definition) is 2.